The molecule has 0 bridgehead atoms. The molecule has 1 aliphatic rings. The smallest absolute Gasteiger partial charge is 0.305 e. The summed E-state index contributed by atoms with van der Waals surface area (Å²) in [5.74, 6) is 0. The minimum absolute atomic E-state index is 0.396. The first-order valence-corrected chi connectivity index (χ1v) is 2.42. The molecule has 5 heteroatoms. The maximum absolute atomic E-state index is 10.1. The maximum atomic E-state index is 10.1. The van der Waals surface area contributed by atoms with Crippen molar-refractivity contribution in [2.24, 2.45) is 0 Å². The Morgan fingerprint density at radius 3 is 2.89 bits per heavy atom. The molecule has 1 radical (unpaired) electrons. The second kappa shape index (κ2) is 2.02. The number of hydrogen-bond acceptors (Lipinski definition) is 4. The highest BCUT2D eigenvalue weighted by Crippen LogP contribution is 2.00. The van der Waals surface area contributed by atoms with Crippen LogP contribution in [0.4, 0.5) is 0 Å². The van der Waals surface area contributed by atoms with E-state index in [9.17, 15) is 10.1 Å². The molecule has 0 saturated heterocycles. The maximum Gasteiger partial charge on any atom is 0.305 e. The molecule has 49 valence electrons. The van der Waals surface area contributed by atoms with Gasteiger partial charge in [0.25, 0.3) is 0 Å². The number of nitro groups is 1. The number of nitrogens with zero attached hydrogens (tertiary/aromatic N) is 2. The van der Waals surface area contributed by atoms with Crippen LogP contribution < -0.4 is 5.43 Å². The number of hydrazine groups is 1. The average Bonchev–Trinajstić information content (AvgIpc) is 2.13. The molecule has 0 amide bonds. The van der Waals surface area contributed by atoms with Crippen LogP contribution in [0.1, 0.15) is 0 Å². The van der Waals surface area contributed by atoms with E-state index in [0.29, 0.717) is 0 Å². The van der Waals surface area contributed by atoms with Gasteiger partial charge in [0.15, 0.2) is 0 Å². The Balaban J connectivity index is 2.59. The zero-order valence-corrected chi connectivity index (χ0v) is 4.87. The molecular formula is C4H6N3O2. The molecule has 0 saturated carbocycles. The Morgan fingerprint density at radius 2 is 2.67 bits per heavy atom. The van der Waals surface area contributed by atoms with Crippen LogP contribution in [-0.2, 0) is 0 Å². The molecule has 9 heavy (non-hydrogen) atoms. The number of nitrogens with one attached hydrogen (secondary N) is 1. The van der Waals surface area contributed by atoms with Crippen LogP contribution in [0.25, 0.3) is 0 Å². The topological polar surface area (TPSA) is 58.4 Å². The fourth-order valence-electron chi connectivity index (χ4n) is 0.594. The molecule has 5 nitrogen and oxygen atoms in total. The van der Waals surface area contributed by atoms with Gasteiger partial charge in [-0.3, -0.25) is 10.1 Å². The van der Waals surface area contributed by atoms with Crippen LogP contribution in [0.5, 0.6) is 0 Å². The lowest BCUT2D eigenvalue weighted by molar-refractivity contribution is -0.535. The normalized spacial score (nSPS) is 26.1. The van der Waals surface area contributed by atoms with Crippen molar-refractivity contribution >= 4 is 0 Å². The summed E-state index contributed by atoms with van der Waals surface area (Å²) in [6.45, 7) is 0. The highest BCUT2D eigenvalue weighted by Gasteiger charge is 2.25. The average molecular weight is 128 g/mol. The van der Waals surface area contributed by atoms with Crippen molar-refractivity contribution in [3.05, 3.63) is 22.4 Å². The van der Waals surface area contributed by atoms with Gasteiger partial charge in [0.2, 0.25) is 0 Å². The third kappa shape index (κ3) is 0.996. The summed E-state index contributed by atoms with van der Waals surface area (Å²) in [4.78, 5) is 9.67. The molecule has 0 aromatic carbocycles. The van der Waals surface area contributed by atoms with Gasteiger partial charge in [-0.05, 0) is 0 Å². The molecule has 1 heterocycles. The van der Waals surface area contributed by atoms with E-state index < -0.39 is 11.1 Å². The molecule has 0 aromatic rings. The lowest BCUT2D eigenvalue weighted by Gasteiger charge is -2.10. The van der Waals surface area contributed by atoms with E-state index in [1.807, 2.05) is 0 Å². The lowest BCUT2D eigenvalue weighted by atomic mass is 10.5. The molecular weight excluding hydrogens is 122 g/mol. The number of rotatable bonds is 1. The second-order valence-electron chi connectivity index (χ2n) is 1.73. The predicted octanol–water partition coefficient (Wildman–Crippen LogP) is -0.644. The van der Waals surface area contributed by atoms with Crippen LogP contribution in [0.15, 0.2) is 6.08 Å². The Kier molecular flexibility index (Phi) is 1.35. The van der Waals surface area contributed by atoms with Crippen LogP contribution in [-0.4, -0.2) is 23.1 Å². The Labute approximate surface area is 52.1 Å². The lowest BCUT2D eigenvalue weighted by Crippen LogP contribution is -2.38. The predicted molar refractivity (Wildman–Crippen MR) is 29.5 cm³/mol. The van der Waals surface area contributed by atoms with Gasteiger partial charge in [-0.25, -0.2) is 0 Å². The van der Waals surface area contributed by atoms with Crippen LogP contribution in [0.3, 0.4) is 0 Å². The Hall–Kier alpha value is -1.10. The van der Waals surface area contributed by atoms with Gasteiger partial charge in [-0.1, -0.05) is 0 Å². The summed E-state index contributed by atoms with van der Waals surface area (Å²) in [5, 5.41) is 11.4. The van der Waals surface area contributed by atoms with Crippen molar-refractivity contribution in [3.8, 4) is 0 Å². The van der Waals surface area contributed by atoms with Gasteiger partial charge in [0, 0.05) is 18.0 Å². The van der Waals surface area contributed by atoms with Gasteiger partial charge in [0.1, 0.15) is 0 Å². The summed E-state index contributed by atoms with van der Waals surface area (Å²) in [6.07, 6.45) is 3.11. The first-order valence-electron chi connectivity index (χ1n) is 2.42. The highest BCUT2D eigenvalue weighted by atomic mass is 16.6. The standard InChI is InChI=1S/C4H6N3O2/c1-6-4(7(8)9)2-3-5-6/h2,4-5H,1H3. The largest absolute Gasteiger partial charge is 0.311 e. The third-order valence-electron chi connectivity index (χ3n) is 1.09. The SMILES string of the molecule is CN1N[C]=CC1[N+](=O)[O-]. The zero-order valence-electron chi connectivity index (χ0n) is 4.87. The summed E-state index contributed by atoms with van der Waals surface area (Å²) < 4.78 is 0. The molecule has 0 spiro atoms. The molecule has 1 unspecified atom stereocenters. The molecule has 0 aromatic heterocycles. The summed E-state index contributed by atoms with van der Waals surface area (Å²) >= 11 is 0. The number of hydrogen-bond donors (Lipinski definition) is 1. The van der Waals surface area contributed by atoms with E-state index >= 15 is 0 Å². The molecule has 1 aliphatic heterocycles. The van der Waals surface area contributed by atoms with E-state index in [2.05, 4.69) is 11.6 Å². The summed E-state index contributed by atoms with van der Waals surface area (Å²) in [7, 11) is 1.59. The first-order chi connectivity index (χ1) is 4.22. The molecule has 1 atom stereocenters. The molecule has 0 aliphatic carbocycles. The summed E-state index contributed by atoms with van der Waals surface area (Å²) in [5.41, 5.74) is 2.54. The first kappa shape index (κ1) is 6.03. The molecule has 1 rings (SSSR count). The highest BCUT2D eigenvalue weighted by molar-refractivity contribution is 4.85. The minimum Gasteiger partial charge on any atom is -0.311 e. The van der Waals surface area contributed by atoms with Crippen molar-refractivity contribution < 1.29 is 4.92 Å². The fraction of sp³-hybridized carbons (Fsp3) is 0.500. The third-order valence-corrected chi connectivity index (χ3v) is 1.09. The van der Waals surface area contributed by atoms with Crippen LogP contribution >= 0.6 is 0 Å². The zero-order chi connectivity index (χ0) is 6.85. The molecule has 1 N–H and O–H groups in total. The summed E-state index contributed by atoms with van der Waals surface area (Å²) in [6, 6.07) is 0. The van der Waals surface area contributed by atoms with Crippen molar-refractivity contribution in [3.63, 3.8) is 0 Å². The molecule has 0 fully saturated rings. The van der Waals surface area contributed by atoms with Gasteiger partial charge < -0.3 is 5.43 Å². The van der Waals surface area contributed by atoms with E-state index in [1.165, 1.54) is 11.1 Å². The van der Waals surface area contributed by atoms with Crippen LogP contribution in [0, 0.1) is 16.3 Å². The fourth-order valence-corrected chi connectivity index (χ4v) is 0.594. The van der Waals surface area contributed by atoms with Gasteiger partial charge in [0.05, 0.1) is 6.20 Å². The second-order valence-corrected chi connectivity index (χ2v) is 1.73. The van der Waals surface area contributed by atoms with Crippen molar-refractivity contribution in [2.75, 3.05) is 7.05 Å². The monoisotopic (exact) mass is 128 g/mol. The van der Waals surface area contributed by atoms with Gasteiger partial charge >= 0.3 is 6.17 Å². The van der Waals surface area contributed by atoms with Gasteiger partial charge in [-0.2, -0.15) is 5.01 Å². The number of likely N-dealkylation sites (N-methyl/N-ethyl adjacent to an activating group) is 1. The van der Waals surface area contributed by atoms with Crippen molar-refractivity contribution in [1.82, 2.24) is 10.4 Å². The van der Waals surface area contributed by atoms with Gasteiger partial charge in [-0.15, -0.1) is 0 Å². The van der Waals surface area contributed by atoms with E-state index in [4.69, 9.17) is 0 Å². The van der Waals surface area contributed by atoms with Crippen molar-refractivity contribution in [1.29, 1.82) is 0 Å². The van der Waals surface area contributed by atoms with E-state index in [1.54, 1.807) is 7.05 Å². The van der Waals surface area contributed by atoms with Crippen LogP contribution in [0.2, 0.25) is 0 Å². The van der Waals surface area contributed by atoms with E-state index in [0.717, 1.165) is 0 Å². The van der Waals surface area contributed by atoms with E-state index in [-0.39, 0.29) is 0 Å². The minimum atomic E-state index is -0.759. The van der Waals surface area contributed by atoms with Crippen molar-refractivity contribution in [2.45, 2.75) is 6.17 Å². The Morgan fingerprint density at radius 1 is 2.00 bits per heavy atom. The quantitative estimate of drug-likeness (QED) is 0.377. The Bertz CT molecular complexity index is 156.